The lowest BCUT2D eigenvalue weighted by atomic mass is 10.1. The molecule has 0 fully saturated rings. The van der Waals surface area contributed by atoms with Gasteiger partial charge in [0, 0.05) is 25.9 Å². The molecule has 0 rings (SSSR count). The van der Waals surface area contributed by atoms with Crippen molar-refractivity contribution in [1.82, 2.24) is 9.80 Å². The second kappa shape index (κ2) is 16.8. The average Bonchev–Trinajstić information content (AvgIpc) is 2.51. The number of unbranched alkanes of at least 4 members (excludes halogenated alkanes) is 4. The average molecular weight is 339 g/mol. The Morgan fingerprint density at radius 2 is 1.17 bits per heavy atom. The van der Waals surface area contributed by atoms with Crippen LogP contribution in [0.3, 0.4) is 0 Å². The van der Waals surface area contributed by atoms with Gasteiger partial charge in [0.2, 0.25) is 0 Å². The summed E-state index contributed by atoms with van der Waals surface area (Å²) in [4.78, 5) is 24.8. The number of carbonyl (C=O) groups is 1. The molecule has 0 saturated heterocycles. The molecule has 5 nitrogen and oxygen atoms in total. The first-order valence-electron chi connectivity index (χ1n) is 9.30. The maximum atomic E-state index is 11.8. The van der Waals surface area contributed by atoms with Gasteiger partial charge in [0.1, 0.15) is 5.78 Å². The lowest BCUT2D eigenvalue weighted by Gasteiger charge is -2.05. The normalized spacial score (nSPS) is 12.2. The molecule has 0 spiro atoms. The monoisotopic (exact) mass is 338 g/mol. The summed E-state index contributed by atoms with van der Waals surface area (Å²) in [5.74, 6) is 0.407. The summed E-state index contributed by atoms with van der Waals surface area (Å²) in [6, 6.07) is 0. The van der Waals surface area contributed by atoms with E-state index in [9.17, 15) is 4.79 Å². The number of hydrogen-bond acceptors (Lipinski definition) is 5. The molecule has 0 aliphatic rings. The largest absolute Gasteiger partial charge is 0.308 e. The third kappa shape index (κ3) is 19.0. The van der Waals surface area contributed by atoms with E-state index in [4.69, 9.17) is 0 Å². The molecule has 24 heavy (non-hydrogen) atoms. The molecule has 0 bridgehead atoms. The summed E-state index contributed by atoms with van der Waals surface area (Å²) in [6.45, 7) is 3.72. The van der Waals surface area contributed by atoms with E-state index < -0.39 is 0 Å². The summed E-state index contributed by atoms with van der Waals surface area (Å²) in [7, 11) is 8.22. The number of nitrogens with zero attached hydrogens (tertiary/aromatic N) is 4. The van der Waals surface area contributed by atoms with Gasteiger partial charge in [0.25, 0.3) is 0 Å². The fourth-order valence-corrected chi connectivity index (χ4v) is 2.12. The van der Waals surface area contributed by atoms with E-state index in [1.54, 1.807) is 0 Å². The quantitative estimate of drug-likeness (QED) is 0.321. The molecule has 0 N–H and O–H groups in total. The molecular formula is C19H38N4O. The van der Waals surface area contributed by atoms with Crippen LogP contribution in [0.25, 0.3) is 0 Å². The smallest absolute Gasteiger partial charge is 0.132 e. The van der Waals surface area contributed by atoms with Crippen LogP contribution in [0.4, 0.5) is 0 Å². The molecule has 0 unspecified atom stereocenters. The van der Waals surface area contributed by atoms with Gasteiger partial charge in [-0.3, -0.25) is 14.8 Å². The van der Waals surface area contributed by atoms with Gasteiger partial charge >= 0.3 is 0 Å². The van der Waals surface area contributed by atoms with Crippen LogP contribution < -0.4 is 0 Å². The molecule has 140 valence electrons. The van der Waals surface area contributed by atoms with Crippen LogP contribution >= 0.6 is 0 Å². The second-order valence-corrected chi connectivity index (χ2v) is 6.81. The van der Waals surface area contributed by atoms with E-state index in [1.807, 2.05) is 12.4 Å². The maximum absolute atomic E-state index is 11.8. The third-order valence-electron chi connectivity index (χ3n) is 3.69. The number of ketones is 1. The van der Waals surface area contributed by atoms with Crippen molar-refractivity contribution in [2.75, 3.05) is 54.4 Å². The maximum Gasteiger partial charge on any atom is 0.132 e. The zero-order valence-electron chi connectivity index (χ0n) is 16.3. The lowest BCUT2D eigenvalue weighted by molar-refractivity contribution is -0.119. The van der Waals surface area contributed by atoms with Crippen molar-refractivity contribution < 1.29 is 4.79 Å². The number of Topliss-reactive ketones (excluding diaryl/α,β-unsaturated/α-hetero) is 1. The van der Waals surface area contributed by atoms with Gasteiger partial charge in [0.05, 0.1) is 13.1 Å². The van der Waals surface area contributed by atoms with Crippen molar-refractivity contribution in [3.8, 4) is 0 Å². The Balaban J connectivity index is 3.35. The lowest BCUT2D eigenvalue weighted by Crippen LogP contribution is -2.15. The highest BCUT2D eigenvalue weighted by molar-refractivity contribution is 5.78. The molecule has 0 heterocycles. The van der Waals surface area contributed by atoms with Gasteiger partial charge in [-0.2, -0.15) is 0 Å². The Hall–Kier alpha value is -1.07. The molecular weight excluding hydrogens is 300 g/mol. The van der Waals surface area contributed by atoms with Gasteiger partial charge in [-0.05, 0) is 79.1 Å². The van der Waals surface area contributed by atoms with E-state index in [1.165, 1.54) is 0 Å². The third-order valence-corrected chi connectivity index (χ3v) is 3.69. The first-order valence-corrected chi connectivity index (χ1v) is 9.30. The number of hydrogen-bond donors (Lipinski definition) is 0. The molecule has 0 aromatic heterocycles. The van der Waals surface area contributed by atoms with Crippen LogP contribution in [0, 0.1) is 0 Å². The molecule has 0 atom stereocenters. The first kappa shape index (κ1) is 22.9. The standard InChI is InChI=1S/C19H38N4O/c1-22(2)17-15-20-13-9-5-7-11-19(24)12-8-6-10-14-21-16-18-23(3)4/h13-14H,5-12,15-18H2,1-4H3. The molecule has 0 aliphatic carbocycles. The minimum absolute atomic E-state index is 0.407. The van der Waals surface area contributed by atoms with Crippen LogP contribution in [-0.2, 0) is 4.79 Å². The van der Waals surface area contributed by atoms with Crippen LogP contribution in [-0.4, -0.2) is 82.4 Å². The predicted octanol–water partition coefficient (Wildman–Crippen LogP) is 2.94. The van der Waals surface area contributed by atoms with Crippen molar-refractivity contribution in [3.05, 3.63) is 0 Å². The Kier molecular flexibility index (Phi) is 16.0. The van der Waals surface area contributed by atoms with Gasteiger partial charge in [-0.25, -0.2) is 0 Å². The molecule has 0 aromatic carbocycles. The number of rotatable bonds is 16. The minimum atomic E-state index is 0.407. The highest BCUT2D eigenvalue weighted by Gasteiger charge is 2.01. The van der Waals surface area contributed by atoms with Crippen molar-refractivity contribution in [2.24, 2.45) is 9.98 Å². The summed E-state index contributed by atoms with van der Waals surface area (Å²) >= 11 is 0. The molecule has 0 radical (unpaired) electrons. The SMILES string of the molecule is CN(C)CCN=CCCCCC(=O)CCCCC=NCCN(C)C. The van der Waals surface area contributed by atoms with Crippen molar-refractivity contribution >= 4 is 18.2 Å². The van der Waals surface area contributed by atoms with Crippen LogP contribution in [0.5, 0.6) is 0 Å². The Morgan fingerprint density at radius 3 is 1.54 bits per heavy atom. The number of aliphatic imine (C=N–C) groups is 2. The Labute approximate surface area is 149 Å². The van der Waals surface area contributed by atoms with Gasteiger partial charge in [0.15, 0.2) is 0 Å². The molecule has 0 amide bonds. The zero-order valence-corrected chi connectivity index (χ0v) is 16.3. The molecule has 0 saturated carbocycles. The summed E-state index contributed by atoms with van der Waals surface area (Å²) < 4.78 is 0. The second-order valence-electron chi connectivity index (χ2n) is 6.81. The van der Waals surface area contributed by atoms with E-state index in [0.29, 0.717) is 5.78 Å². The summed E-state index contributed by atoms with van der Waals surface area (Å²) in [6.07, 6.45) is 11.5. The topological polar surface area (TPSA) is 48.3 Å². The van der Waals surface area contributed by atoms with Crippen LogP contribution in [0.1, 0.15) is 51.4 Å². The summed E-state index contributed by atoms with van der Waals surface area (Å²) in [5, 5.41) is 0. The van der Waals surface area contributed by atoms with Gasteiger partial charge in [-0.15, -0.1) is 0 Å². The fourth-order valence-electron chi connectivity index (χ4n) is 2.12. The Bertz CT molecular complexity index is 319. The molecule has 5 heteroatoms. The number of likely N-dealkylation sites (N-methyl/N-ethyl adjacent to an activating group) is 2. The van der Waals surface area contributed by atoms with Crippen LogP contribution in [0.15, 0.2) is 9.98 Å². The minimum Gasteiger partial charge on any atom is -0.308 e. The number of carbonyl (C=O) groups excluding carboxylic acids is 1. The molecule has 0 aliphatic heterocycles. The van der Waals surface area contributed by atoms with Gasteiger partial charge < -0.3 is 9.80 Å². The highest BCUT2D eigenvalue weighted by atomic mass is 16.1. The summed E-state index contributed by atoms with van der Waals surface area (Å²) in [5.41, 5.74) is 0. The Morgan fingerprint density at radius 1 is 0.750 bits per heavy atom. The fraction of sp³-hybridized carbons (Fsp3) is 0.842. The zero-order chi connectivity index (χ0) is 18.0. The van der Waals surface area contributed by atoms with E-state index in [2.05, 4.69) is 48.0 Å². The van der Waals surface area contributed by atoms with Crippen molar-refractivity contribution in [1.29, 1.82) is 0 Å². The van der Waals surface area contributed by atoms with E-state index in [0.717, 1.165) is 77.5 Å². The van der Waals surface area contributed by atoms with Crippen molar-refractivity contribution in [3.63, 3.8) is 0 Å². The van der Waals surface area contributed by atoms with E-state index >= 15 is 0 Å². The highest BCUT2D eigenvalue weighted by Crippen LogP contribution is 2.06. The molecule has 0 aromatic rings. The van der Waals surface area contributed by atoms with Crippen LogP contribution in [0.2, 0.25) is 0 Å². The van der Waals surface area contributed by atoms with Gasteiger partial charge in [-0.1, -0.05) is 0 Å². The first-order chi connectivity index (χ1) is 11.5. The van der Waals surface area contributed by atoms with Crippen molar-refractivity contribution in [2.45, 2.75) is 51.4 Å². The predicted molar refractivity (Wildman–Crippen MR) is 106 cm³/mol. The van der Waals surface area contributed by atoms with E-state index in [-0.39, 0.29) is 0 Å².